The van der Waals surface area contributed by atoms with Gasteiger partial charge in [0.1, 0.15) is 5.82 Å². The molecule has 1 aromatic carbocycles. The van der Waals surface area contributed by atoms with Crippen molar-refractivity contribution in [2.24, 2.45) is 5.92 Å². The van der Waals surface area contributed by atoms with Gasteiger partial charge in [0.25, 0.3) is 5.91 Å². The largest absolute Gasteiger partial charge is 0.399 e. The molecule has 3 N–H and O–H groups in total. The number of nitrogen functional groups attached to an aromatic ring is 1. The molecule has 0 bridgehead atoms. The number of benzene rings is 1. The van der Waals surface area contributed by atoms with Crippen molar-refractivity contribution in [1.29, 1.82) is 0 Å². The molecule has 1 aliphatic rings. The number of nitrogens with two attached hydrogens (primary N) is 1. The van der Waals surface area contributed by atoms with E-state index in [0.29, 0.717) is 5.69 Å². The van der Waals surface area contributed by atoms with Gasteiger partial charge in [0.2, 0.25) is 0 Å². The topological polar surface area (TPSA) is 55.1 Å². The Morgan fingerprint density at radius 1 is 1.35 bits per heavy atom. The van der Waals surface area contributed by atoms with E-state index >= 15 is 0 Å². The Morgan fingerprint density at radius 2 is 2.05 bits per heavy atom. The lowest BCUT2D eigenvalue weighted by atomic mass is 9.83. The van der Waals surface area contributed by atoms with Crippen LogP contribution in [0, 0.1) is 11.7 Å². The molecule has 0 aromatic heterocycles. The normalized spacial score (nSPS) is 22.5. The van der Waals surface area contributed by atoms with Gasteiger partial charge in [-0.2, -0.15) is 0 Å². The fourth-order valence-corrected chi connectivity index (χ4v) is 2.98. The highest BCUT2D eigenvalue weighted by Gasteiger charge is 2.23. The second-order valence-electron chi connectivity index (χ2n) is 5.72. The van der Waals surface area contributed by atoms with Gasteiger partial charge in [0.05, 0.1) is 5.56 Å². The van der Waals surface area contributed by atoms with Gasteiger partial charge >= 0.3 is 0 Å². The second kappa shape index (κ2) is 6.73. The first kappa shape index (κ1) is 14.8. The third-order valence-corrected chi connectivity index (χ3v) is 4.12. The number of anilines is 1. The maximum absolute atomic E-state index is 13.7. The van der Waals surface area contributed by atoms with E-state index < -0.39 is 5.82 Å². The molecule has 1 amide bonds. The highest BCUT2D eigenvalue weighted by atomic mass is 19.1. The molecule has 0 heterocycles. The van der Waals surface area contributed by atoms with Crippen LogP contribution in [-0.2, 0) is 0 Å². The predicted octanol–water partition coefficient (Wildman–Crippen LogP) is 3.50. The molecule has 1 aliphatic carbocycles. The molecule has 0 aliphatic heterocycles. The Bertz CT molecular complexity index is 468. The van der Waals surface area contributed by atoms with Gasteiger partial charge in [-0.05, 0) is 49.8 Å². The van der Waals surface area contributed by atoms with Crippen molar-refractivity contribution < 1.29 is 9.18 Å². The minimum Gasteiger partial charge on any atom is -0.399 e. The number of amides is 1. The average molecular weight is 278 g/mol. The molecule has 4 heteroatoms. The Labute approximate surface area is 119 Å². The van der Waals surface area contributed by atoms with E-state index in [4.69, 9.17) is 5.73 Å². The smallest absolute Gasteiger partial charge is 0.254 e. The summed E-state index contributed by atoms with van der Waals surface area (Å²) in [5.41, 5.74) is 5.90. The lowest BCUT2D eigenvalue weighted by Gasteiger charge is -2.29. The molecule has 1 fully saturated rings. The van der Waals surface area contributed by atoms with E-state index in [1.54, 1.807) is 6.07 Å². The summed E-state index contributed by atoms with van der Waals surface area (Å²) in [4.78, 5) is 12.1. The van der Waals surface area contributed by atoms with Crippen LogP contribution in [0.5, 0.6) is 0 Å². The van der Waals surface area contributed by atoms with E-state index in [0.717, 1.165) is 31.6 Å². The van der Waals surface area contributed by atoms with Gasteiger partial charge in [-0.1, -0.05) is 19.8 Å². The van der Waals surface area contributed by atoms with E-state index in [1.165, 1.54) is 25.0 Å². The summed E-state index contributed by atoms with van der Waals surface area (Å²) in [6.45, 7) is 2.21. The molecule has 0 radical (unpaired) electrons. The van der Waals surface area contributed by atoms with Crippen molar-refractivity contribution in [1.82, 2.24) is 5.32 Å². The summed E-state index contributed by atoms with van der Waals surface area (Å²) < 4.78 is 13.7. The Morgan fingerprint density at radius 3 is 2.65 bits per heavy atom. The Hall–Kier alpha value is -1.58. The van der Waals surface area contributed by atoms with E-state index in [-0.39, 0.29) is 17.5 Å². The number of rotatable bonds is 4. The van der Waals surface area contributed by atoms with Gasteiger partial charge in [-0.15, -0.1) is 0 Å². The van der Waals surface area contributed by atoms with Gasteiger partial charge in [-0.25, -0.2) is 4.39 Å². The highest BCUT2D eigenvalue weighted by molar-refractivity contribution is 5.95. The zero-order valence-corrected chi connectivity index (χ0v) is 12.0. The molecule has 110 valence electrons. The first-order valence-electron chi connectivity index (χ1n) is 7.46. The van der Waals surface area contributed by atoms with Crippen LogP contribution in [0.1, 0.15) is 55.8 Å². The fraction of sp³-hybridized carbons (Fsp3) is 0.562. The van der Waals surface area contributed by atoms with Crippen LogP contribution in [0.2, 0.25) is 0 Å². The van der Waals surface area contributed by atoms with Crippen LogP contribution < -0.4 is 11.1 Å². The number of carbonyl (C=O) groups excluding carboxylic acids is 1. The fourth-order valence-electron chi connectivity index (χ4n) is 2.98. The van der Waals surface area contributed by atoms with Crippen molar-refractivity contribution in [3.63, 3.8) is 0 Å². The first-order valence-corrected chi connectivity index (χ1v) is 7.46. The maximum Gasteiger partial charge on any atom is 0.254 e. The molecular formula is C16H23FN2O. The Balaban J connectivity index is 1.89. The summed E-state index contributed by atoms with van der Waals surface area (Å²) >= 11 is 0. The van der Waals surface area contributed by atoms with Crippen molar-refractivity contribution in [2.45, 2.75) is 51.5 Å². The van der Waals surface area contributed by atoms with Crippen molar-refractivity contribution in [3.05, 3.63) is 29.6 Å². The molecule has 20 heavy (non-hydrogen) atoms. The molecule has 1 aromatic rings. The molecule has 1 saturated carbocycles. The molecule has 0 atom stereocenters. The number of hydrogen-bond donors (Lipinski definition) is 2. The van der Waals surface area contributed by atoms with Gasteiger partial charge in [0, 0.05) is 11.7 Å². The number of hydrogen-bond acceptors (Lipinski definition) is 2. The molecule has 0 unspecified atom stereocenters. The lowest BCUT2D eigenvalue weighted by Crippen LogP contribution is -2.38. The quantitative estimate of drug-likeness (QED) is 0.828. The van der Waals surface area contributed by atoms with Crippen molar-refractivity contribution in [3.8, 4) is 0 Å². The zero-order valence-electron chi connectivity index (χ0n) is 12.0. The van der Waals surface area contributed by atoms with Crippen LogP contribution in [0.4, 0.5) is 10.1 Å². The summed E-state index contributed by atoms with van der Waals surface area (Å²) in [7, 11) is 0. The first-order chi connectivity index (χ1) is 9.60. The van der Waals surface area contributed by atoms with Crippen LogP contribution in [0.3, 0.4) is 0 Å². The van der Waals surface area contributed by atoms with Crippen LogP contribution in [0.25, 0.3) is 0 Å². The van der Waals surface area contributed by atoms with Crippen LogP contribution in [0.15, 0.2) is 18.2 Å². The monoisotopic (exact) mass is 278 g/mol. The summed E-state index contributed by atoms with van der Waals surface area (Å²) in [6, 6.07) is 4.36. The molecule has 0 saturated heterocycles. The standard InChI is InChI=1S/C16H23FN2O/c1-2-3-11-4-7-13(8-5-11)19-16(20)14-9-6-12(18)10-15(14)17/h6,9-11,13H,2-5,7-8,18H2,1H3,(H,19,20). The number of carbonyl (C=O) groups is 1. The third kappa shape index (κ3) is 3.71. The number of nitrogens with one attached hydrogen (secondary N) is 1. The third-order valence-electron chi connectivity index (χ3n) is 4.12. The van der Waals surface area contributed by atoms with Crippen molar-refractivity contribution >= 4 is 11.6 Å². The van der Waals surface area contributed by atoms with Crippen LogP contribution >= 0.6 is 0 Å². The molecule has 2 rings (SSSR count). The molecular weight excluding hydrogens is 255 g/mol. The van der Waals surface area contributed by atoms with Crippen molar-refractivity contribution in [2.75, 3.05) is 5.73 Å². The lowest BCUT2D eigenvalue weighted by molar-refractivity contribution is 0.0917. The minimum absolute atomic E-state index is 0.0786. The summed E-state index contributed by atoms with van der Waals surface area (Å²) in [6.07, 6.45) is 6.79. The summed E-state index contributed by atoms with van der Waals surface area (Å²) in [5.74, 6) is -0.0926. The minimum atomic E-state index is -0.554. The van der Waals surface area contributed by atoms with Gasteiger partial charge in [0.15, 0.2) is 0 Å². The van der Waals surface area contributed by atoms with Gasteiger partial charge in [-0.3, -0.25) is 4.79 Å². The zero-order chi connectivity index (χ0) is 14.5. The van der Waals surface area contributed by atoms with Crippen LogP contribution in [-0.4, -0.2) is 11.9 Å². The SMILES string of the molecule is CCCC1CCC(NC(=O)c2ccc(N)cc2F)CC1. The van der Waals surface area contributed by atoms with E-state index in [1.807, 2.05) is 0 Å². The highest BCUT2D eigenvalue weighted by Crippen LogP contribution is 2.28. The second-order valence-corrected chi connectivity index (χ2v) is 5.72. The summed E-state index contributed by atoms with van der Waals surface area (Å²) in [5, 5.41) is 2.94. The average Bonchev–Trinajstić information content (AvgIpc) is 2.41. The Kier molecular flexibility index (Phi) is 4.99. The molecule has 3 nitrogen and oxygen atoms in total. The van der Waals surface area contributed by atoms with Gasteiger partial charge < -0.3 is 11.1 Å². The number of halogens is 1. The molecule has 0 spiro atoms. The predicted molar refractivity (Wildman–Crippen MR) is 78.9 cm³/mol. The maximum atomic E-state index is 13.7. The van der Waals surface area contributed by atoms with E-state index in [9.17, 15) is 9.18 Å². The van der Waals surface area contributed by atoms with E-state index in [2.05, 4.69) is 12.2 Å².